The number of hydroxylamine groups is 2. The van der Waals surface area contributed by atoms with Gasteiger partial charge in [-0.25, -0.2) is 4.39 Å². The first-order chi connectivity index (χ1) is 16.6. The Labute approximate surface area is 206 Å². The van der Waals surface area contributed by atoms with Gasteiger partial charge in [0, 0.05) is 48.0 Å². The second kappa shape index (κ2) is 8.79. The van der Waals surface area contributed by atoms with Crippen LogP contribution in [0.25, 0.3) is 11.0 Å². The number of anilines is 1. The molecule has 0 bridgehead atoms. The van der Waals surface area contributed by atoms with E-state index in [1.54, 1.807) is 6.07 Å². The fraction of sp³-hybridized carbons (Fsp3) is 0.536. The van der Waals surface area contributed by atoms with Gasteiger partial charge >= 0.3 is 0 Å². The fourth-order valence-electron chi connectivity index (χ4n) is 6.19. The van der Waals surface area contributed by atoms with Gasteiger partial charge < -0.3 is 14.2 Å². The van der Waals surface area contributed by atoms with Gasteiger partial charge in [-0.2, -0.15) is 0 Å². The Hall–Kier alpha value is -2.64. The van der Waals surface area contributed by atoms with Gasteiger partial charge in [-0.3, -0.25) is 0 Å². The molecule has 2 aliphatic heterocycles. The molecule has 0 aliphatic carbocycles. The first kappa shape index (κ1) is 24.1. The van der Waals surface area contributed by atoms with Crippen LogP contribution in [0.1, 0.15) is 65.5 Å². The molecule has 2 saturated heterocycles. The van der Waals surface area contributed by atoms with Crippen LogP contribution < -0.4 is 9.64 Å². The average molecular weight is 480 g/mol. The summed E-state index contributed by atoms with van der Waals surface area (Å²) < 4.78 is 25.4. The molecule has 0 saturated carbocycles. The first-order valence-electron chi connectivity index (χ1n) is 12.5. The Morgan fingerprint density at radius 2 is 1.94 bits per heavy atom. The summed E-state index contributed by atoms with van der Waals surface area (Å²) >= 11 is 0. The number of piperidine rings is 1. The second-order valence-electron chi connectivity index (χ2n) is 11.2. The van der Waals surface area contributed by atoms with Gasteiger partial charge in [0.05, 0.1) is 16.9 Å². The highest BCUT2D eigenvalue weighted by Crippen LogP contribution is 2.46. The number of nitrogens with zero attached hydrogens (tertiary/aromatic N) is 3. The van der Waals surface area contributed by atoms with Crippen LogP contribution in [0, 0.1) is 17.8 Å². The predicted molar refractivity (Wildman–Crippen MR) is 132 cm³/mol. The third-order valence-electron chi connectivity index (χ3n) is 8.05. The maximum Gasteiger partial charge on any atom is 0.170 e. The third-order valence-corrected chi connectivity index (χ3v) is 8.05. The normalized spacial score (nSPS) is 23.6. The van der Waals surface area contributed by atoms with Crippen molar-refractivity contribution in [3.8, 4) is 5.75 Å². The molecular formula is C28H34FN3O3. The zero-order valence-electron chi connectivity index (χ0n) is 21.2. The largest absolute Gasteiger partial charge is 0.488 e. The van der Waals surface area contributed by atoms with Crippen LogP contribution in [0.2, 0.25) is 0 Å². The monoisotopic (exact) mass is 479 g/mol. The van der Waals surface area contributed by atoms with Gasteiger partial charge in [0.1, 0.15) is 11.9 Å². The zero-order valence-corrected chi connectivity index (χ0v) is 21.2. The molecule has 6 nitrogen and oxygen atoms in total. The highest BCUT2D eigenvalue weighted by atomic mass is 19.1. The van der Waals surface area contributed by atoms with E-state index in [4.69, 9.17) is 9.26 Å². The molecule has 186 valence electrons. The van der Waals surface area contributed by atoms with E-state index in [1.807, 2.05) is 39.8 Å². The van der Waals surface area contributed by atoms with Crippen molar-refractivity contribution in [3.05, 3.63) is 54.0 Å². The molecule has 3 aromatic rings. The van der Waals surface area contributed by atoms with E-state index in [1.165, 1.54) is 17.2 Å². The van der Waals surface area contributed by atoms with Gasteiger partial charge in [0.15, 0.2) is 11.3 Å². The number of halogens is 1. The number of hydrogen-bond donors (Lipinski definition) is 0. The summed E-state index contributed by atoms with van der Waals surface area (Å²) in [5, 5.41) is 19.3. The van der Waals surface area contributed by atoms with E-state index in [0.29, 0.717) is 5.58 Å². The molecule has 0 spiro atoms. The quantitative estimate of drug-likeness (QED) is 0.440. The van der Waals surface area contributed by atoms with E-state index in [2.05, 4.69) is 29.1 Å². The van der Waals surface area contributed by atoms with Crippen LogP contribution in [-0.4, -0.2) is 40.5 Å². The smallest absolute Gasteiger partial charge is 0.170 e. The number of para-hydroxylation sites is 1. The zero-order chi connectivity index (χ0) is 25.0. The Bertz CT molecular complexity index is 1200. The maximum atomic E-state index is 13.5. The number of aromatic nitrogens is 1. The van der Waals surface area contributed by atoms with E-state index in [9.17, 15) is 9.60 Å². The standard InChI is InChI=1S/C28H34FN3O3/c1-18(22-17-27(2,3)32(33)28(22,4)5)34-24-9-7-6-8-23(24)31-14-12-19(13-15-31)26-21-11-10-20(29)16-25(21)35-30-26/h6-8,10-11,16,18-19,22H,12-15,17H2,1-5H3. The van der Waals surface area contributed by atoms with Crippen LogP contribution in [-0.2, 0) is 5.21 Å². The predicted octanol–water partition coefficient (Wildman–Crippen LogP) is 6.14. The minimum Gasteiger partial charge on any atom is -0.488 e. The lowest BCUT2D eigenvalue weighted by molar-refractivity contribution is -0.250. The lowest BCUT2D eigenvalue weighted by Crippen LogP contribution is -2.48. The molecule has 2 unspecified atom stereocenters. The summed E-state index contributed by atoms with van der Waals surface area (Å²) in [6, 6.07) is 13.9. The Balaban J connectivity index is 1.29. The molecule has 2 fully saturated rings. The van der Waals surface area contributed by atoms with Gasteiger partial charge in [0.2, 0.25) is 0 Å². The SMILES string of the molecule is CC(Oc1[c]cccc1N1CCC(c2noc3cc(F)ccc23)CC1)C1CC(C)(C)N([O])C1(C)C. The molecule has 1 aromatic heterocycles. The second-order valence-corrected chi connectivity index (χ2v) is 11.2. The lowest BCUT2D eigenvalue weighted by atomic mass is 9.83. The molecule has 2 aromatic carbocycles. The summed E-state index contributed by atoms with van der Waals surface area (Å²) in [5.41, 5.74) is 1.53. The van der Waals surface area contributed by atoms with Crippen LogP contribution in [0.15, 0.2) is 40.9 Å². The van der Waals surface area contributed by atoms with E-state index < -0.39 is 11.1 Å². The minimum atomic E-state index is -0.501. The van der Waals surface area contributed by atoms with Crippen LogP contribution in [0.4, 0.5) is 10.1 Å². The first-order valence-corrected chi connectivity index (χ1v) is 12.5. The molecule has 2 atom stereocenters. The highest BCUT2D eigenvalue weighted by Gasteiger charge is 2.54. The summed E-state index contributed by atoms with van der Waals surface area (Å²) in [5.74, 6) is 0.786. The van der Waals surface area contributed by atoms with Crippen molar-refractivity contribution in [1.82, 2.24) is 10.2 Å². The van der Waals surface area contributed by atoms with Gasteiger partial charge in [-0.1, -0.05) is 17.3 Å². The Kier molecular flexibility index (Phi) is 6.04. The molecule has 2 radical (unpaired) electrons. The molecule has 3 heterocycles. The third kappa shape index (κ3) is 4.29. The Morgan fingerprint density at radius 3 is 2.63 bits per heavy atom. The van der Waals surface area contributed by atoms with Gasteiger partial charge in [-0.05, 0) is 72.1 Å². The molecule has 35 heavy (non-hydrogen) atoms. The summed E-state index contributed by atoms with van der Waals surface area (Å²) in [6.07, 6.45) is 2.49. The topological polar surface area (TPSA) is 61.6 Å². The van der Waals surface area contributed by atoms with E-state index >= 15 is 0 Å². The molecule has 0 amide bonds. The minimum absolute atomic E-state index is 0.104. The van der Waals surface area contributed by atoms with E-state index in [0.717, 1.165) is 54.9 Å². The number of fused-ring (bicyclic) bond motifs is 1. The van der Waals surface area contributed by atoms with Crippen LogP contribution >= 0.6 is 0 Å². The van der Waals surface area contributed by atoms with Gasteiger partial charge in [0.25, 0.3) is 0 Å². The number of benzene rings is 2. The lowest BCUT2D eigenvalue weighted by Gasteiger charge is -2.37. The van der Waals surface area contributed by atoms with Crippen LogP contribution in [0.3, 0.4) is 0 Å². The summed E-state index contributed by atoms with van der Waals surface area (Å²) in [7, 11) is 0. The molecule has 5 rings (SSSR count). The maximum absolute atomic E-state index is 13.5. The number of ether oxygens (including phenoxy) is 1. The van der Waals surface area contributed by atoms with Crippen molar-refractivity contribution in [2.75, 3.05) is 18.0 Å². The number of rotatable bonds is 5. The highest BCUT2D eigenvalue weighted by molar-refractivity contribution is 5.80. The summed E-state index contributed by atoms with van der Waals surface area (Å²) in [4.78, 5) is 2.33. The Morgan fingerprint density at radius 1 is 1.20 bits per heavy atom. The van der Waals surface area contributed by atoms with E-state index in [-0.39, 0.29) is 23.8 Å². The van der Waals surface area contributed by atoms with Crippen molar-refractivity contribution in [1.29, 1.82) is 0 Å². The molecule has 0 N–H and O–H groups in total. The van der Waals surface area contributed by atoms with Crippen molar-refractivity contribution in [2.24, 2.45) is 5.92 Å². The van der Waals surface area contributed by atoms with Crippen molar-refractivity contribution < 1.29 is 18.9 Å². The van der Waals surface area contributed by atoms with Gasteiger partial charge in [-0.15, -0.1) is 10.3 Å². The summed E-state index contributed by atoms with van der Waals surface area (Å²) in [6.45, 7) is 11.8. The van der Waals surface area contributed by atoms with Crippen molar-refractivity contribution >= 4 is 16.7 Å². The molecule has 7 heteroatoms. The van der Waals surface area contributed by atoms with Crippen molar-refractivity contribution in [2.45, 2.75) is 77.0 Å². The van der Waals surface area contributed by atoms with Crippen molar-refractivity contribution in [3.63, 3.8) is 0 Å². The van der Waals surface area contributed by atoms with Crippen LogP contribution in [0.5, 0.6) is 5.75 Å². The fourth-order valence-corrected chi connectivity index (χ4v) is 6.19. The molecule has 2 aliphatic rings. The number of hydrogen-bond acceptors (Lipinski definition) is 5. The average Bonchev–Trinajstić information content (AvgIpc) is 3.31. The molecular weight excluding hydrogens is 445 g/mol.